The van der Waals surface area contributed by atoms with Crippen LogP contribution in [0, 0.1) is 0 Å². The molecule has 0 aromatic heterocycles. The molecule has 12 heavy (non-hydrogen) atoms. The Morgan fingerprint density at radius 1 is 1.67 bits per heavy atom. The van der Waals surface area contributed by atoms with Gasteiger partial charge in [-0.2, -0.15) is 0 Å². The average Bonchev–Trinajstić information content (AvgIpc) is 2.05. The lowest BCUT2D eigenvalue weighted by atomic mass is 10.0. The Labute approximate surface area is 71.1 Å². The van der Waals surface area contributed by atoms with Gasteiger partial charge in [0.1, 0.15) is 12.1 Å². The molecule has 0 fully saturated rings. The topological polar surface area (TPSA) is 92.8 Å². The third-order valence-corrected chi connectivity index (χ3v) is 1.74. The molecule has 0 aliphatic rings. The fourth-order valence-electron chi connectivity index (χ4n) is 0.925. The smallest absolute Gasteiger partial charge is 0.323 e. The number of ether oxygens (including phenoxy) is 1. The van der Waals surface area contributed by atoms with Crippen molar-refractivity contribution in [2.75, 3.05) is 7.11 Å². The Bertz CT molecular complexity index is 146. The summed E-state index contributed by atoms with van der Waals surface area (Å²) in [5.41, 5.74) is 5.18. The number of carboxylic acids is 1. The molecule has 0 aliphatic carbocycles. The first-order valence-corrected chi connectivity index (χ1v) is 3.73. The number of aliphatic carboxylic acids is 1. The van der Waals surface area contributed by atoms with Gasteiger partial charge in [0.2, 0.25) is 0 Å². The minimum absolute atomic E-state index is 0.518. The van der Waals surface area contributed by atoms with Crippen molar-refractivity contribution >= 4 is 5.97 Å². The van der Waals surface area contributed by atoms with Crippen LogP contribution in [0.25, 0.3) is 0 Å². The molecule has 0 aromatic carbocycles. The number of nitrogens with two attached hydrogens (primary N) is 1. The van der Waals surface area contributed by atoms with E-state index in [4.69, 9.17) is 15.6 Å². The van der Waals surface area contributed by atoms with Gasteiger partial charge in [0.15, 0.2) is 0 Å². The second-order valence-corrected chi connectivity index (χ2v) is 2.54. The summed E-state index contributed by atoms with van der Waals surface area (Å²) in [7, 11) is 1.41. The zero-order chi connectivity index (χ0) is 9.72. The second kappa shape index (κ2) is 5.08. The number of methoxy groups -OCH3 is 1. The number of carboxylic acid groups (broad SMARTS) is 1. The van der Waals surface area contributed by atoms with Crippen LogP contribution in [0.15, 0.2) is 0 Å². The highest BCUT2D eigenvalue weighted by atomic mass is 16.5. The third kappa shape index (κ3) is 2.77. The van der Waals surface area contributed by atoms with Gasteiger partial charge in [-0.1, -0.05) is 6.92 Å². The van der Waals surface area contributed by atoms with E-state index in [-0.39, 0.29) is 0 Å². The van der Waals surface area contributed by atoms with Gasteiger partial charge in [-0.05, 0) is 6.42 Å². The highest BCUT2D eigenvalue weighted by Crippen LogP contribution is 2.05. The Balaban J connectivity index is 4.14. The molecule has 3 unspecified atom stereocenters. The summed E-state index contributed by atoms with van der Waals surface area (Å²) in [4.78, 5) is 10.3. The van der Waals surface area contributed by atoms with Gasteiger partial charge in [0, 0.05) is 7.11 Å². The lowest BCUT2D eigenvalue weighted by Gasteiger charge is -2.22. The molecule has 0 spiro atoms. The van der Waals surface area contributed by atoms with Crippen molar-refractivity contribution in [1.29, 1.82) is 0 Å². The zero-order valence-corrected chi connectivity index (χ0v) is 7.23. The van der Waals surface area contributed by atoms with E-state index >= 15 is 0 Å². The van der Waals surface area contributed by atoms with Crippen molar-refractivity contribution in [1.82, 2.24) is 0 Å². The number of carbonyl (C=O) groups is 1. The Morgan fingerprint density at radius 2 is 2.17 bits per heavy atom. The van der Waals surface area contributed by atoms with Crippen LogP contribution in [0.5, 0.6) is 0 Å². The largest absolute Gasteiger partial charge is 0.480 e. The van der Waals surface area contributed by atoms with Crippen molar-refractivity contribution in [2.24, 2.45) is 5.73 Å². The molecule has 0 aliphatic heterocycles. The monoisotopic (exact) mass is 177 g/mol. The SMILES string of the molecule is CCC(OC)C(O)C(N)C(=O)O. The molecule has 3 atom stereocenters. The van der Waals surface area contributed by atoms with E-state index in [1.165, 1.54) is 7.11 Å². The number of hydrogen-bond acceptors (Lipinski definition) is 4. The van der Waals surface area contributed by atoms with Crippen LogP contribution in [0.3, 0.4) is 0 Å². The fraction of sp³-hybridized carbons (Fsp3) is 0.857. The van der Waals surface area contributed by atoms with Crippen molar-refractivity contribution in [2.45, 2.75) is 31.6 Å². The molecule has 0 saturated heterocycles. The first kappa shape index (κ1) is 11.4. The van der Waals surface area contributed by atoms with Crippen molar-refractivity contribution in [3.05, 3.63) is 0 Å². The number of aliphatic hydroxyl groups excluding tert-OH is 1. The molecule has 0 radical (unpaired) electrons. The minimum Gasteiger partial charge on any atom is -0.480 e. The molecular weight excluding hydrogens is 162 g/mol. The summed E-state index contributed by atoms with van der Waals surface area (Å²) in [5.74, 6) is -1.22. The van der Waals surface area contributed by atoms with Crippen LogP contribution in [0.2, 0.25) is 0 Å². The Morgan fingerprint density at radius 3 is 2.42 bits per heavy atom. The zero-order valence-electron chi connectivity index (χ0n) is 7.23. The summed E-state index contributed by atoms with van der Waals surface area (Å²) in [6.07, 6.45) is -1.15. The summed E-state index contributed by atoms with van der Waals surface area (Å²) in [5, 5.41) is 17.8. The average molecular weight is 177 g/mol. The van der Waals surface area contributed by atoms with Gasteiger partial charge in [-0.3, -0.25) is 4.79 Å². The number of aliphatic hydroxyl groups is 1. The van der Waals surface area contributed by atoms with Crippen molar-refractivity contribution in [3.63, 3.8) is 0 Å². The molecule has 0 heterocycles. The summed E-state index contributed by atoms with van der Waals surface area (Å²) in [6, 6.07) is -1.28. The molecule has 0 bridgehead atoms. The van der Waals surface area contributed by atoms with Gasteiger partial charge < -0.3 is 20.7 Å². The molecule has 72 valence electrons. The van der Waals surface area contributed by atoms with E-state index in [1.807, 2.05) is 0 Å². The lowest BCUT2D eigenvalue weighted by Crippen LogP contribution is -2.48. The minimum atomic E-state index is -1.28. The van der Waals surface area contributed by atoms with E-state index in [9.17, 15) is 9.90 Å². The van der Waals surface area contributed by atoms with Gasteiger partial charge >= 0.3 is 5.97 Å². The van der Waals surface area contributed by atoms with E-state index in [0.717, 1.165) is 0 Å². The van der Waals surface area contributed by atoms with Crippen LogP contribution in [-0.2, 0) is 9.53 Å². The van der Waals surface area contributed by atoms with Crippen LogP contribution < -0.4 is 5.73 Å². The second-order valence-electron chi connectivity index (χ2n) is 2.54. The summed E-state index contributed by atoms with van der Waals surface area (Å²) < 4.78 is 4.84. The highest BCUT2D eigenvalue weighted by Gasteiger charge is 2.28. The molecule has 5 nitrogen and oxygen atoms in total. The van der Waals surface area contributed by atoms with Crippen LogP contribution in [0.4, 0.5) is 0 Å². The molecule has 0 saturated carbocycles. The predicted molar refractivity (Wildman–Crippen MR) is 42.7 cm³/mol. The lowest BCUT2D eigenvalue weighted by molar-refractivity contribution is -0.144. The van der Waals surface area contributed by atoms with Crippen molar-refractivity contribution < 1.29 is 19.7 Å². The number of hydrogen-bond donors (Lipinski definition) is 3. The standard InChI is InChI=1S/C7H15NO4/c1-3-4(12-2)6(9)5(8)7(10)11/h4-6,9H,3,8H2,1-2H3,(H,10,11). The van der Waals surface area contributed by atoms with Crippen LogP contribution >= 0.6 is 0 Å². The fourth-order valence-corrected chi connectivity index (χ4v) is 0.925. The molecule has 0 aromatic rings. The summed E-state index contributed by atoms with van der Waals surface area (Å²) in [6.45, 7) is 1.78. The first-order chi connectivity index (χ1) is 5.54. The van der Waals surface area contributed by atoms with E-state index in [0.29, 0.717) is 6.42 Å². The maximum Gasteiger partial charge on any atom is 0.323 e. The predicted octanol–water partition coefficient (Wildman–Crippen LogP) is -0.816. The Kier molecular flexibility index (Phi) is 4.80. The van der Waals surface area contributed by atoms with Crippen LogP contribution in [0.1, 0.15) is 13.3 Å². The Hall–Kier alpha value is -0.650. The van der Waals surface area contributed by atoms with E-state index < -0.39 is 24.2 Å². The van der Waals surface area contributed by atoms with Crippen LogP contribution in [-0.4, -0.2) is 41.5 Å². The molecule has 0 amide bonds. The highest BCUT2D eigenvalue weighted by molar-refractivity contribution is 5.73. The van der Waals surface area contributed by atoms with Gasteiger partial charge in [0.05, 0.1) is 6.10 Å². The van der Waals surface area contributed by atoms with Gasteiger partial charge in [-0.25, -0.2) is 0 Å². The maximum absolute atomic E-state index is 10.3. The van der Waals surface area contributed by atoms with Gasteiger partial charge in [-0.15, -0.1) is 0 Å². The molecule has 0 rings (SSSR count). The number of rotatable bonds is 5. The summed E-state index contributed by atoms with van der Waals surface area (Å²) >= 11 is 0. The normalized spacial score (nSPS) is 18.3. The van der Waals surface area contributed by atoms with E-state index in [1.54, 1.807) is 6.92 Å². The van der Waals surface area contributed by atoms with Crippen molar-refractivity contribution in [3.8, 4) is 0 Å². The quantitative estimate of drug-likeness (QED) is 0.510. The van der Waals surface area contributed by atoms with E-state index in [2.05, 4.69) is 0 Å². The first-order valence-electron chi connectivity index (χ1n) is 3.73. The maximum atomic E-state index is 10.3. The third-order valence-electron chi connectivity index (χ3n) is 1.74. The molecule has 5 heteroatoms. The molecular formula is C7H15NO4. The van der Waals surface area contributed by atoms with Gasteiger partial charge in [0.25, 0.3) is 0 Å². The molecule has 4 N–H and O–H groups in total.